The Morgan fingerprint density at radius 3 is 2.67 bits per heavy atom. The van der Waals surface area contributed by atoms with Crippen molar-refractivity contribution in [1.29, 1.82) is 0 Å². The zero-order chi connectivity index (χ0) is 13.0. The first-order valence-electron chi connectivity index (χ1n) is 6.25. The molecule has 0 saturated carbocycles. The molecule has 0 bridgehead atoms. The summed E-state index contributed by atoms with van der Waals surface area (Å²) in [4.78, 5) is 2.14. The van der Waals surface area contributed by atoms with Crippen molar-refractivity contribution in [2.24, 2.45) is 0 Å². The van der Waals surface area contributed by atoms with Gasteiger partial charge < -0.3 is 15.5 Å². The zero-order valence-corrected chi connectivity index (χ0v) is 10.3. The summed E-state index contributed by atoms with van der Waals surface area (Å²) < 4.78 is 12.7. The van der Waals surface area contributed by atoms with Crippen LogP contribution in [0.4, 0.5) is 4.39 Å². The van der Waals surface area contributed by atoms with E-state index >= 15 is 0 Å². The Labute approximate surface area is 106 Å². The Kier molecular flexibility index (Phi) is 4.38. The number of aromatic hydroxyl groups is 2. The molecule has 1 aliphatic heterocycles. The molecule has 5 heteroatoms. The van der Waals surface area contributed by atoms with Gasteiger partial charge in [-0.15, -0.1) is 0 Å². The van der Waals surface area contributed by atoms with Gasteiger partial charge in [-0.1, -0.05) is 0 Å². The number of phenols is 2. The first-order chi connectivity index (χ1) is 8.72. The number of alkyl halides is 1. The Morgan fingerprint density at radius 1 is 1.28 bits per heavy atom. The molecule has 1 heterocycles. The Morgan fingerprint density at radius 2 is 2.00 bits per heavy atom. The van der Waals surface area contributed by atoms with Gasteiger partial charge in [0.2, 0.25) is 0 Å². The van der Waals surface area contributed by atoms with Crippen molar-refractivity contribution in [2.75, 3.05) is 32.9 Å². The molecule has 0 radical (unpaired) electrons. The quantitative estimate of drug-likeness (QED) is 0.711. The molecular formula is C13H19FN2O2. The molecule has 0 spiro atoms. The highest BCUT2D eigenvalue weighted by molar-refractivity contribution is 5.40. The van der Waals surface area contributed by atoms with Crippen molar-refractivity contribution in [2.45, 2.75) is 12.5 Å². The SMILES string of the molecule is Oc1ccc(O)c([C@@H](CCF)N2CCNCC2)c1. The maximum atomic E-state index is 12.7. The van der Waals surface area contributed by atoms with E-state index in [1.165, 1.54) is 18.2 Å². The highest BCUT2D eigenvalue weighted by Crippen LogP contribution is 2.33. The van der Waals surface area contributed by atoms with Crippen molar-refractivity contribution in [3.8, 4) is 11.5 Å². The lowest BCUT2D eigenvalue weighted by molar-refractivity contribution is 0.155. The van der Waals surface area contributed by atoms with E-state index in [1.54, 1.807) is 0 Å². The maximum absolute atomic E-state index is 12.7. The van der Waals surface area contributed by atoms with Gasteiger partial charge in [0.25, 0.3) is 0 Å². The van der Waals surface area contributed by atoms with E-state index in [9.17, 15) is 14.6 Å². The molecule has 100 valence electrons. The van der Waals surface area contributed by atoms with Crippen LogP contribution in [-0.4, -0.2) is 48.0 Å². The van der Waals surface area contributed by atoms with E-state index in [-0.39, 0.29) is 17.5 Å². The first-order valence-corrected chi connectivity index (χ1v) is 6.25. The van der Waals surface area contributed by atoms with Crippen LogP contribution in [0.25, 0.3) is 0 Å². The second kappa shape index (κ2) is 6.02. The van der Waals surface area contributed by atoms with Gasteiger partial charge in [-0.2, -0.15) is 0 Å². The Balaban J connectivity index is 2.24. The third kappa shape index (κ3) is 2.91. The molecule has 1 aliphatic rings. The number of nitrogens with zero attached hydrogens (tertiary/aromatic N) is 1. The van der Waals surface area contributed by atoms with Crippen molar-refractivity contribution in [3.63, 3.8) is 0 Å². The summed E-state index contributed by atoms with van der Waals surface area (Å²) >= 11 is 0. The van der Waals surface area contributed by atoms with E-state index < -0.39 is 6.67 Å². The molecule has 0 unspecified atom stereocenters. The summed E-state index contributed by atoms with van der Waals surface area (Å²) in [5.41, 5.74) is 0.606. The molecule has 1 saturated heterocycles. The second-order valence-electron chi connectivity index (χ2n) is 4.52. The molecule has 3 N–H and O–H groups in total. The number of nitrogens with one attached hydrogen (secondary N) is 1. The van der Waals surface area contributed by atoms with Gasteiger partial charge in [0.05, 0.1) is 6.67 Å². The third-order valence-corrected chi connectivity index (χ3v) is 3.35. The predicted octanol–water partition coefficient (Wildman–Crippen LogP) is 1.40. The van der Waals surface area contributed by atoms with Gasteiger partial charge in [-0.25, -0.2) is 0 Å². The number of rotatable bonds is 4. The standard InChI is InChI=1S/C13H19FN2O2/c14-4-3-12(16-7-5-15-6-8-16)11-9-10(17)1-2-13(11)18/h1-2,9,12,15,17-18H,3-8H2/t12-/m1/s1. The Bertz CT molecular complexity index is 395. The summed E-state index contributed by atoms with van der Waals surface area (Å²) in [6.45, 7) is 2.92. The summed E-state index contributed by atoms with van der Waals surface area (Å²) in [5.74, 6) is 0.214. The normalized spacial score (nSPS) is 18.7. The van der Waals surface area contributed by atoms with Crippen LogP contribution in [0.5, 0.6) is 11.5 Å². The fourth-order valence-electron chi connectivity index (χ4n) is 2.44. The molecule has 0 aliphatic carbocycles. The summed E-state index contributed by atoms with van der Waals surface area (Å²) in [6, 6.07) is 4.24. The lowest BCUT2D eigenvalue weighted by Gasteiger charge is -2.35. The van der Waals surface area contributed by atoms with Crippen molar-refractivity contribution in [1.82, 2.24) is 10.2 Å². The minimum atomic E-state index is -0.441. The van der Waals surface area contributed by atoms with Crippen LogP contribution in [0.2, 0.25) is 0 Å². The van der Waals surface area contributed by atoms with E-state index in [2.05, 4.69) is 10.2 Å². The van der Waals surface area contributed by atoms with Crippen LogP contribution in [0.3, 0.4) is 0 Å². The molecule has 0 aromatic heterocycles. The Hall–Kier alpha value is -1.33. The zero-order valence-electron chi connectivity index (χ0n) is 10.3. The van der Waals surface area contributed by atoms with E-state index in [0.29, 0.717) is 12.0 Å². The number of piperazine rings is 1. The van der Waals surface area contributed by atoms with Crippen LogP contribution in [0.1, 0.15) is 18.0 Å². The molecule has 0 amide bonds. The van der Waals surface area contributed by atoms with Gasteiger partial charge in [-0.05, 0) is 24.6 Å². The van der Waals surface area contributed by atoms with Crippen molar-refractivity contribution in [3.05, 3.63) is 23.8 Å². The topological polar surface area (TPSA) is 55.7 Å². The van der Waals surface area contributed by atoms with E-state index in [0.717, 1.165) is 26.2 Å². The molecule has 1 fully saturated rings. The van der Waals surface area contributed by atoms with Crippen molar-refractivity contribution < 1.29 is 14.6 Å². The number of halogens is 1. The molecule has 18 heavy (non-hydrogen) atoms. The molecule has 1 aromatic rings. The molecule has 2 rings (SSSR count). The van der Waals surface area contributed by atoms with Gasteiger partial charge in [0, 0.05) is 37.8 Å². The predicted molar refractivity (Wildman–Crippen MR) is 67.5 cm³/mol. The van der Waals surface area contributed by atoms with E-state index in [4.69, 9.17) is 0 Å². The number of hydrogen-bond acceptors (Lipinski definition) is 4. The average molecular weight is 254 g/mol. The molecule has 4 nitrogen and oxygen atoms in total. The summed E-state index contributed by atoms with van der Waals surface area (Å²) in [7, 11) is 0. The highest BCUT2D eigenvalue weighted by atomic mass is 19.1. The lowest BCUT2D eigenvalue weighted by Crippen LogP contribution is -2.45. The second-order valence-corrected chi connectivity index (χ2v) is 4.52. The minimum Gasteiger partial charge on any atom is -0.508 e. The van der Waals surface area contributed by atoms with Gasteiger partial charge >= 0.3 is 0 Å². The average Bonchev–Trinajstić information content (AvgIpc) is 2.40. The smallest absolute Gasteiger partial charge is 0.120 e. The van der Waals surface area contributed by atoms with Crippen LogP contribution in [-0.2, 0) is 0 Å². The lowest BCUT2D eigenvalue weighted by atomic mass is 10.00. The fraction of sp³-hybridized carbons (Fsp3) is 0.538. The van der Waals surface area contributed by atoms with Crippen LogP contribution in [0.15, 0.2) is 18.2 Å². The van der Waals surface area contributed by atoms with Crippen LogP contribution >= 0.6 is 0 Å². The van der Waals surface area contributed by atoms with Crippen LogP contribution in [0, 0.1) is 0 Å². The number of hydrogen-bond donors (Lipinski definition) is 3. The molecule has 1 aromatic carbocycles. The third-order valence-electron chi connectivity index (χ3n) is 3.35. The summed E-state index contributed by atoms with van der Waals surface area (Å²) in [6.07, 6.45) is 0.330. The minimum absolute atomic E-state index is 0.0989. The van der Waals surface area contributed by atoms with Crippen molar-refractivity contribution >= 4 is 0 Å². The number of phenolic OH excluding ortho intramolecular Hbond substituents is 2. The highest BCUT2D eigenvalue weighted by Gasteiger charge is 2.24. The molecular weight excluding hydrogens is 235 g/mol. The van der Waals surface area contributed by atoms with Gasteiger partial charge in [0.15, 0.2) is 0 Å². The fourth-order valence-corrected chi connectivity index (χ4v) is 2.44. The monoisotopic (exact) mass is 254 g/mol. The first kappa shape index (κ1) is 13.1. The van der Waals surface area contributed by atoms with Gasteiger partial charge in [0.1, 0.15) is 11.5 Å². The van der Waals surface area contributed by atoms with E-state index in [1.807, 2.05) is 0 Å². The molecule has 1 atom stereocenters. The van der Waals surface area contributed by atoms with Crippen LogP contribution < -0.4 is 5.32 Å². The number of benzene rings is 1. The maximum Gasteiger partial charge on any atom is 0.120 e. The van der Waals surface area contributed by atoms with Gasteiger partial charge in [-0.3, -0.25) is 9.29 Å². The summed E-state index contributed by atoms with van der Waals surface area (Å²) in [5, 5.41) is 22.6. The largest absolute Gasteiger partial charge is 0.508 e.